The highest BCUT2D eigenvalue weighted by atomic mass is 32.2. The van der Waals surface area contributed by atoms with Crippen molar-refractivity contribution in [3.8, 4) is 23.0 Å². The third-order valence-electron chi connectivity index (χ3n) is 2.76. The molecule has 0 aliphatic heterocycles. The predicted octanol–water partition coefficient (Wildman–Crippen LogP) is 3.60. The molecule has 1 aromatic carbocycles. The van der Waals surface area contributed by atoms with Gasteiger partial charge in [0.15, 0.2) is 11.5 Å². The fourth-order valence-corrected chi connectivity index (χ4v) is 3.03. The van der Waals surface area contributed by atoms with Crippen LogP contribution in [-0.4, -0.2) is 42.2 Å². The standard InChI is InChI=1S/C14H18N2O3S2/c1-17-11-6-5-10(9-12(11)18-2)13-15-16-14(19-13)21-8-4-7-20-3/h5-6,9H,4,7-8H2,1-3H3. The van der Waals surface area contributed by atoms with Crippen molar-refractivity contribution < 1.29 is 13.9 Å². The zero-order valence-corrected chi connectivity index (χ0v) is 13.9. The number of thioether (sulfide) groups is 2. The van der Waals surface area contributed by atoms with Gasteiger partial charge in [0.1, 0.15) is 0 Å². The summed E-state index contributed by atoms with van der Waals surface area (Å²) in [5, 5.41) is 8.73. The SMILES string of the molecule is COc1ccc(-c2nnc(SCCCSC)o2)cc1OC. The first-order valence-corrected chi connectivity index (χ1v) is 8.84. The van der Waals surface area contributed by atoms with E-state index in [0.29, 0.717) is 22.6 Å². The maximum absolute atomic E-state index is 5.66. The van der Waals surface area contributed by atoms with Gasteiger partial charge in [0.2, 0.25) is 5.89 Å². The van der Waals surface area contributed by atoms with E-state index in [0.717, 1.165) is 23.5 Å². The second-order valence-electron chi connectivity index (χ2n) is 4.14. The summed E-state index contributed by atoms with van der Waals surface area (Å²) < 4.78 is 16.1. The second-order valence-corrected chi connectivity index (χ2v) is 6.17. The first-order chi connectivity index (χ1) is 10.3. The van der Waals surface area contributed by atoms with Crippen molar-refractivity contribution in [1.82, 2.24) is 10.2 Å². The third-order valence-corrected chi connectivity index (χ3v) is 4.36. The van der Waals surface area contributed by atoms with Crippen LogP contribution in [0.4, 0.5) is 0 Å². The van der Waals surface area contributed by atoms with Crippen molar-refractivity contribution in [3.63, 3.8) is 0 Å². The van der Waals surface area contributed by atoms with E-state index in [1.807, 2.05) is 30.0 Å². The lowest BCUT2D eigenvalue weighted by molar-refractivity contribution is 0.355. The van der Waals surface area contributed by atoms with Crippen LogP contribution in [0.1, 0.15) is 6.42 Å². The van der Waals surface area contributed by atoms with E-state index >= 15 is 0 Å². The predicted molar refractivity (Wildman–Crippen MR) is 86.6 cm³/mol. The molecule has 1 aromatic heterocycles. The molecule has 5 nitrogen and oxygen atoms in total. The molecule has 0 radical (unpaired) electrons. The van der Waals surface area contributed by atoms with Crippen molar-refractivity contribution in [1.29, 1.82) is 0 Å². The molecular weight excluding hydrogens is 308 g/mol. The van der Waals surface area contributed by atoms with Crippen LogP contribution < -0.4 is 9.47 Å². The van der Waals surface area contributed by atoms with Crippen molar-refractivity contribution in [2.24, 2.45) is 0 Å². The quantitative estimate of drug-likeness (QED) is 0.542. The number of nitrogens with zero attached hydrogens (tertiary/aromatic N) is 2. The molecule has 1 heterocycles. The summed E-state index contributed by atoms with van der Waals surface area (Å²) in [6.07, 6.45) is 3.23. The van der Waals surface area contributed by atoms with Crippen LogP contribution in [0.5, 0.6) is 11.5 Å². The Morgan fingerprint density at radius 3 is 2.62 bits per heavy atom. The highest BCUT2D eigenvalue weighted by Crippen LogP contribution is 2.32. The van der Waals surface area contributed by atoms with Gasteiger partial charge in [0.05, 0.1) is 14.2 Å². The number of ether oxygens (including phenoxy) is 2. The van der Waals surface area contributed by atoms with Crippen LogP contribution in [0, 0.1) is 0 Å². The maximum Gasteiger partial charge on any atom is 0.276 e. The summed E-state index contributed by atoms with van der Waals surface area (Å²) in [6.45, 7) is 0. The normalized spacial score (nSPS) is 10.6. The molecule has 7 heteroatoms. The number of benzene rings is 1. The van der Waals surface area contributed by atoms with Crippen LogP contribution in [0.15, 0.2) is 27.8 Å². The lowest BCUT2D eigenvalue weighted by Gasteiger charge is -2.07. The highest BCUT2D eigenvalue weighted by molar-refractivity contribution is 7.99. The minimum Gasteiger partial charge on any atom is -0.493 e. The van der Waals surface area contributed by atoms with Gasteiger partial charge in [0, 0.05) is 11.3 Å². The summed E-state index contributed by atoms with van der Waals surface area (Å²) >= 11 is 3.42. The Kier molecular flexibility index (Phi) is 6.25. The van der Waals surface area contributed by atoms with E-state index < -0.39 is 0 Å². The zero-order chi connectivity index (χ0) is 15.1. The molecule has 0 N–H and O–H groups in total. The Morgan fingerprint density at radius 1 is 1.10 bits per heavy atom. The van der Waals surface area contributed by atoms with Crippen molar-refractivity contribution in [3.05, 3.63) is 18.2 Å². The highest BCUT2D eigenvalue weighted by Gasteiger charge is 2.12. The Labute approximate surface area is 132 Å². The van der Waals surface area contributed by atoms with E-state index in [9.17, 15) is 0 Å². The first-order valence-electron chi connectivity index (χ1n) is 6.46. The second kappa shape index (κ2) is 8.19. The van der Waals surface area contributed by atoms with E-state index in [2.05, 4.69) is 16.5 Å². The molecule has 0 fully saturated rings. The van der Waals surface area contributed by atoms with Gasteiger partial charge in [-0.15, -0.1) is 10.2 Å². The largest absolute Gasteiger partial charge is 0.493 e. The van der Waals surface area contributed by atoms with Gasteiger partial charge in [-0.05, 0) is 36.6 Å². The summed E-state index contributed by atoms with van der Waals surface area (Å²) in [5.74, 6) is 3.93. The van der Waals surface area contributed by atoms with Gasteiger partial charge < -0.3 is 13.9 Å². The van der Waals surface area contributed by atoms with Crippen LogP contribution >= 0.6 is 23.5 Å². The summed E-state index contributed by atoms with van der Waals surface area (Å²) in [6, 6.07) is 5.52. The summed E-state index contributed by atoms with van der Waals surface area (Å²) in [4.78, 5) is 0. The number of aromatic nitrogens is 2. The molecule has 0 atom stereocenters. The molecule has 0 amide bonds. The molecule has 21 heavy (non-hydrogen) atoms. The molecule has 0 bridgehead atoms. The average Bonchev–Trinajstić information content (AvgIpc) is 2.99. The molecule has 2 rings (SSSR count). The Morgan fingerprint density at radius 2 is 1.90 bits per heavy atom. The molecule has 114 valence electrons. The molecule has 0 spiro atoms. The minimum absolute atomic E-state index is 0.489. The topological polar surface area (TPSA) is 57.4 Å². The minimum atomic E-state index is 0.489. The number of methoxy groups -OCH3 is 2. The lowest BCUT2D eigenvalue weighted by atomic mass is 10.2. The Hall–Kier alpha value is -1.34. The number of hydrogen-bond donors (Lipinski definition) is 0. The molecule has 0 saturated heterocycles. The number of hydrogen-bond acceptors (Lipinski definition) is 7. The van der Waals surface area contributed by atoms with Gasteiger partial charge in [-0.1, -0.05) is 11.8 Å². The fourth-order valence-electron chi connectivity index (χ4n) is 1.72. The van der Waals surface area contributed by atoms with Gasteiger partial charge in [0.25, 0.3) is 5.22 Å². The molecular formula is C14H18N2O3S2. The van der Waals surface area contributed by atoms with E-state index in [4.69, 9.17) is 13.9 Å². The fraction of sp³-hybridized carbons (Fsp3) is 0.429. The first kappa shape index (κ1) is 16.0. The van der Waals surface area contributed by atoms with Gasteiger partial charge in [-0.2, -0.15) is 11.8 Å². The van der Waals surface area contributed by atoms with Crippen molar-refractivity contribution >= 4 is 23.5 Å². The smallest absolute Gasteiger partial charge is 0.276 e. The maximum atomic E-state index is 5.66. The van der Waals surface area contributed by atoms with Crippen molar-refractivity contribution in [2.45, 2.75) is 11.6 Å². The summed E-state index contributed by atoms with van der Waals surface area (Å²) in [7, 11) is 3.20. The zero-order valence-electron chi connectivity index (χ0n) is 12.3. The number of rotatable bonds is 8. The van der Waals surface area contributed by atoms with E-state index in [1.54, 1.807) is 26.0 Å². The van der Waals surface area contributed by atoms with Crippen LogP contribution in [0.2, 0.25) is 0 Å². The Bertz CT molecular complexity index is 575. The molecule has 0 aliphatic rings. The molecule has 2 aromatic rings. The molecule has 0 unspecified atom stereocenters. The van der Waals surface area contributed by atoms with E-state index in [1.165, 1.54) is 0 Å². The van der Waals surface area contributed by atoms with Crippen LogP contribution in [0.3, 0.4) is 0 Å². The monoisotopic (exact) mass is 326 g/mol. The van der Waals surface area contributed by atoms with Gasteiger partial charge in [-0.3, -0.25) is 0 Å². The third kappa shape index (κ3) is 4.31. The van der Waals surface area contributed by atoms with Crippen LogP contribution in [0.25, 0.3) is 11.5 Å². The average molecular weight is 326 g/mol. The molecule has 0 saturated carbocycles. The van der Waals surface area contributed by atoms with Crippen LogP contribution in [-0.2, 0) is 0 Å². The molecule has 0 aliphatic carbocycles. The van der Waals surface area contributed by atoms with Crippen molar-refractivity contribution in [2.75, 3.05) is 32.0 Å². The van der Waals surface area contributed by atoms with Gasteiger partial charge in [-0.25, -0.2) is 0 Å². The van der Waals surface area contributed by atoms with E-state index in [-0.39, 0.29) is 0 Å². The lowest BCUT2D eigenvalue weighted by Crippen LogP contribution is -1.90. The Balaban J connectivity index is 2.06. The summed E-state index contributed by atoms with van der Waals surface area (Å²) in [5.41, 5.74) is 0.816. The van der Waals surface area contributed by atoms with Gasteiger partial charge >= 0.3 is 0 Å².